The molecule has 0 bridgehead atoms. The number of carbonyl (C=O) groups is 1. The van der Waals surface area contributed by atoms with E-state index in [9.17, 15) is 4.79 Å². The third-order valence-electron chi connectivity index (χ3n) is 2.91. The number of nitrogens with zero attached hydrogens (tertiary/aromatic N) is 2. The van der Waals surface area contributed by atoms with Gasteiger partial charge in [-0.25, -0.2) is 4.79 Å². The Morgan fingerprint density at radius 1 is 1.61 bits per heavy atom. The normalized spacial score (nSPS) is 20.2. The molecule has 0 radical (unpaired) electrons. The summed E-state index contributed by atoms with van der Waals surface area (Å²) in [5, 5.41) is 3.66. The summed E-state index contributed by atoms with van der Waals surface area (Å²) in [7, 11) is 0. The van der Waals surface area contributed by atoms with E-state index >= 15 is 0 Å². The number of ether oxygens (including phenoxy) is 1. The van der Waals surface area contributed by atoms with Crippen LogP contribution < -0.4 is 5.73 Å². The number of carbonyl (C=O) groups excluding carboxylic acids is 1. The Kier molecular flexibility index (Phi) is 3.19. The average molecular weight is 253 g/mol. The molecule has 1 atom stereocenters. The van der Waals surface area contributed by atoms with Gasteiger partial charge in [0.15, 0.2) is 0 Å². The van der Waals surface area contributed by atoms with Crippen molar-refractivity contribution in [1.29, 1.82) is 0 Å². The number of amides is 1. The summed E-state index contributed by atoms with van der Waals surface area (Å²) in [6, 6.07) is 0. The molecule has 1 unspecified atom stereocenters. The quantitative estimate of drug-likeness (QED) is 0.827. The number of likely N-dealkylation sites (tertiary alicyclic amines) is 1. The highest BCUT2D eigenvalue weighted by molar-refractivity contribution is 5.68. The van der Waals surface area contributed by atoms with Gasteiger partial charge in [0.1, 0.15) is 5.60 Å². The van der Waals surface area contributed by atoms with Crippen molar-refractivity contribution in [2.75, 3.05) is 18.8 Å². The standard InChI is InChI=1S/C12H19N3O3/c1-12(2,3)17-11(16)15-5-4-8(7-15)9-6-14-18-10(9)13/h6,8H,4-5,7,13H2,1-3H3. The zero-order valence-corrected chi connectivity index (χ0v) is 11.0. The van der Waals surface area contributed by atoms with E-state index in [1.54, 1.807) is 11.1 Å². The Bertz CT molecular complexity index is 436. The minimum atomic E-state index is -0.467. The van der Waals surface area contributed by atoms with Crippen LogP contribution in [0.25, 0.3) is 0 Å². The first kappa shape index (κ1) is 12.7. The van der Waals surface area contributed by atoms with E-state index in [0.29, 0.717) is 19.0 Å². The molecule has 2 heterocycles. The van der Waals surface area contributed by atoms with Crippen LogP contribution in [0, 0.1) is 0 Å². The van der Waals surface area contributed by atoms with E-state index in [2.05, 4.69) is 5.16 Å². The number of anilines is 1. The van der Waals surface area contributed by atoms with E-state index < -0.39 is 5.60 Å². The second-order valence-corrected chi connectivity index (χ2v) is 5.56. The van der Waals surface area contributed by atoms with Gasteiger partial charge in [-0.1, -0.05) is 5.16 Å². The van der Waals surface area contributed by atoms with Gasteiger partial charge in [-0.15, -0.1) is 0 Å². The molecule has 1 amide bonds. The van der Waals surface area contributed by atoms with Gasteiger partial charge in [-0.3, -0.25) is 0 Å². The smallest absolute Gasteiger partial charge is 0.410 e. The summed E-state index contributed by atoms with van der Waals surface area (Å²) >= 11 is 0. The topological polar surface area (TPSA) is 81.6 Å². The fourth-order valence-corrected chi connectivity index (χ4v) is 2.07. The maximum atomic E-state index is 11.9. The molecule has 0 aliphatic carbocycles. The molecule has 1 fully saturated rings. The molecule has 6 heteroatoms. The first-order chi connectivity index (χ1) is 8.37. The Labute approximate surface area is 106 Å². The SMILES string of the molecule is CC(C)(C)OC(=O)N1CCC(c2cnoc2N)C1. The third kappa shape index (κ3) is 2.75. The van der Waals surface area contributed by atoms with Crippen molar-refractivity contribution in [2.45, 2.75) is 38.7 Å². The Hall–Kier alpha value is -1.72. The minimum Gasteiger partial charge on any atom is -0.444 e. The van der Waals surface area contributed by atoms with Crippen molar-refractivity contribution in [2.24, 2.45) is 0 Å². The number of nitrogens with two attached hydrogens (primary N) is 1. The first-order valence-electron chi connectivity index (χ1n) is 6.05. The van der Waals surface area contributed by atoms with Gasteiger partial charge in [0.25, 0.3) is 0 Å². The van der Waals surface area contributed by atoms with Crippen LogP contribution >= 0.6 is 0 Å². The molecule has 1 aromatic rings. The molecule has 6 nitrogen and oxygen atoms in total. The molecule has 100 valence electrons. The summed E-state index contributed by atoms with van der Waals surface area (Å²) < 4.78 is 10.2. The van der Waals surface area contributed by atoms with Crippen LogP contribution in [0.4, 0.5) is 10.7 Å². The van der Waals surface area contributed by atoms with E-state index in [1.165, 1.54) is 0 Å². The van der Waals surface area contributed by atoms with E-state index in [0.717, 1.165) is 12.0 Å². The van der Waals surface area contributed by atoms with Crippen LogP contribution in [0.5, 0.6) is 0 Å². The van der Waals surface area contributed by atoms with Crippen LogP contribution in [0.1, 0.15) is 38.7 Å². The van der Waals surface area contributed by atoms with Gasteiger partial charge >= 0.3 is 6.09 Å². The van der Waals surface area contributed by atoms with Crippen LogP contribution in [-0.4, -0.2) is 34.8 Å². The highest BCUT2D eigenvalue weighted by Gasteiger charge is 2.32. The van der Waals surface area contributed by atoms with Gasteiger partial charge < -0.3 is 19.9 Å². The van der Waals surface area contributed by atoms with Crippen molar-refractivity contribution >= 4 is 12.0 Å². The largest absolute Gasteiger partial charge is 0.444 e. The Balaban J connectivity index is 1.97. The van der Waals surface area contributed by atoms with Gasteiger partial charge in [-0.2, -0.15) is 0 Å². The summed E-state index contributed by atoms with van der Waals surface area (Å²) in [4.78, 5) is 13.6. The molecule has 1 aromatic heterocycles. The molecular formula is C12H19N3O3. The first-order valence-corrected chi connectivity index (χ1v) is 6.05. The molecule has 0 saturated carbocycles. The minimum absolute atomic E-state index is 0.184. The summed E-state index contributed by atoms with van der Waals surface area (Å²) in [5.74, 6) is 0.523. The second-order valence-electron chi connectivity index (χ2n) is 5.56. The monoisotopic (exact) mass is 253 g/mol. The maximum absolute atomic E-state index is 11.9. The molecular weight excluding hydrogens is 234 g/mol. The highest BCUT2D eigenvalue weighted by atomic mass is 16.6. The van der Waals surface area contributed by atoms with Gasteiger partial charge in [0.2, 0.25) is 5.88 Å². The molecule has 0 aromatic carbocycles. The van der Waals surface area contributed by atoms with Gasteiger partial charge in [0, 0.05) is 24.6 Å². The number of nitrogen functional groups attached to an aromatic ring is 1. The van der Waals surface area contributed by atoms with E-state index in [-0.39, 0.29) is 12.0 Å². The van der Waals surface area contributed by atoms with Crippen LogP contribution in [0.3, 0.4) is 0 Å². The lowest BCUT2D eigenvalue weighted by Crippen LogP contribution is -2.35. The number of hydrogen-bond donors (Lipinski definition) is 1. The summed E-state index contributed by atoms with van der Waals surface area (Å²) in [5.41, 5.74) is 6.09. The highest BCUT2D eigenvalue weighted by Crippen LogP contribution is 2.31. The van der Waals surface area contributed by atoms with Gasteiger partial charge in [0.05, 0.1) is 6.20 Å². The predicted octanol–water partition coefficient (Wildman–Crippen LogP) is 1.98. The summed E-state index contributed by atoms with van der Waals surface area (Å²) in [6.07, 6.45) is 2.20. The molecule has 1 aliphatic rings. The lowest BCUT2D eigenvalue weighted by atomic mass is 10.0. The number of hydrogen-bond acceptors (Lipinski definition) is 5. The summed E-state index contributed by atoms with van der Waals surface area (Å²) in [6.45, 7) is 6.84. The second kappa shape index (κ2) is 4.51. The molecule has 2 rings (SSSR count). The van der Waals surface area contributed by atoms with Crippen molar-refractivity contribution in [3.8, 4) is 0 Å². The van der Waals surface area contributed by atoms with E-state index in [1.807, 2.05) is 20.8 Å². The van der Waals surface area contributed by atoms with E-state index in [4.69, 9.17) is 15.0 Å². The zero-order valence-electron chi connectivity index (χ0n) is 11.0. The molecule has 1 saturated heterocycles. The van der Waals surface area contributed by atoms with Crippen molar-refractivity contribution < 1.29 is 14.1 Å². The number of aromatic nitrogens is 1. The van der Waals surface area contributed by atoms with Crippen LogP contribution in [0.15, 0.2) is 10.7 Å². The Morgan fingerprint density at radius 3 is 2.89 bits per heavy atom. The predicted molar refractivity (Wildman–Crippen MR) is 66.1 cm³/mol. The lowest BCUT2D eigenvalue weighted by molar-refractivity contribution is 0.0292. The average Bonchev–Trinajstić information content (AvgIpc) is 2.82. The lowest BCUT2D eigenvalue weighted by Gasteiger charge is -2.24. The fraction of sp³-hybridized carbons (Fsp3) is 0.667. The zero-order chi connectivity index (χ0) is 13.3. The van der Waals surface area contributed by atoms with Crippen molar-refractivity contribution in [3.05, 3.63) is 11.8 Å². The number of rotatable bonds is 1. The Morgan fingerprint density at radius 2 is 2.33 bits per heavy atom. The molecule has 2 N–H and O–H groups in total. The third-order valence-corrected chi connectivity index (χ3v) is 2.91. The van der Waals surface area contributed by atoms with Gasteiger partial charge in [-0.05, 0) is 27.2 Å². The van der Waals surface area contributed by atoms with Crippen molar-refractivity contribution in [1.82, 2.24) is 10.1 Å². The molecule has 0 spiro atoms. The maximum Gasteiger partial charge on any atom is 0.410 e. The molecule has 18 heavy (non-hydrogen) atoms. The van der Waals surface area contributed by atoms with Crippen molar-refractivity contribution in [3.63, 3.8) is 0 Å². The fourth-order valence-electron chi connectivity index (χ4n) is 2.07. The molecule has 1 aliphatic heterocycles. The van der Waals surface area contributed by atoms with Crippen LogP contribution in [0.2, 0.25) is 0 Å². The van der Waals surface area contributed by atoms with Crippen LogP contribution in [-0.2, 0) is 4.74 Å².